The van der Waals surface area contributed by atoms with E-state index in [1.165, 1.54) is 23.5 Å². The minimum atomic E-state index is -0.499. The number of nitro benzene ring substituents is 1. The molecular weight excluding hydrogens is 440 g/mol. The molecule has 166 valence electrons. The lowest BCUT2D eigenvalue weighted by atomic mass is 10.1. The van der Waals surface area contributed by atoms with E-state index in [2.05, 4.69) is 22.4 Å². The highest BCUT2D eigenvalue weighted by molar-refractivity contribution is 7.14. The van der Waals surface area contributed by atoms with Crippen molar-refractivity contribution in [2.24, 2.45) is 0 Å². The Labute approximate surface area is 193 Å². The zero-order valence-electron chi connectivity index (χ0n) is 17.6. The van der Waals surface area contributed by atoms with Crippen molar-refractivity contribution in [2.45, 2.75) is 0 Å². The lowest BCUT2D eigenvalue weighted by Crippen LogP contribution is -2.37. The first-order valence-corrected chi connectivity index (χ1v) is 11.3. The number of ether oxygens (including phenoxy) is 1. The summed E-state index contributed by atoms with van der Waals surface area (Å²) in [5.74, 6) is -0.431. The number of benzene rings is 3. The maximum absolute atomic E-state index is 13.1. The number of anilines is 2. The smallest absolute Gasteiger partial charge is 0.270 e. The Kier molecular flexibility index (Phi) is 5.72. The molecule has 33 heavy (non-hydrogen) atoms. The van der Waals surface area contributed by atoms with Crippen molar-refractivity contribution < 1.29 is 14.5 Å². The average Bonchev–Trinajstić information content (AvgIpc) is 3.32. The molecule has 4 aromatic rings. The molecule has 0 aliphatic carbocycles. The van der Waals surface area contributed by atoms with Crippen molar-refractivity contribution in [2.75, 3.05) is 36.5 Å². The monoisotopic (exact) mass is 460 g/mol. The van der Waals surface area contributed by atoms with Crippen molar-refractivity contribution in [3.63, 3.8) is 0 Å². The van der Waals surface area contributed by atoms with Gasteiger partial charge in [0, 0.05) is 36.2 Å². The zero-order chi connectivity index (χ0) is 22.8. The quantitative estimate of drug-likeness (QED) is 0.334. The third-order valence-corrected chi connectivity index (χ3v) is 6.31. The Hall–Kier alpha value is -3.82. The molecule has 0 atom stereocenters. The van der Waals surface area contributed by atoms with Gasteiger partial charge in [0.05, 0.1) is 35.1 Å². The van der Waals surface area contributed by atoms with E-state index in [0.717, 1.165) is 22.0 Å². The van der Waals surface area contributed by atoms with Crippen LogP contribution in [0.25, 0.3) is 22.0 Å². The van der Waals surface area contributed by atoms with Crippen LogP contribution in [0.15, 0.2) is 66.0 Å². The summed E-state index contributed by atoms with van der Waals surface area (Å²) in [6, 6.07) is 18.6. The van der Waals surface area contributed by atoms with Crippen LogP contribution in [0.5, 0.6) is 0 Å². The first kappa shape index (κ1) is 21.0. The molecule has 1 N–H and O–H groups in total. The van der Waals surface area contributed by atoms with Crippen molar-refractivity contribution in [1.29, 1.82) is 0 Å². The molecule has 0 saturated carbocycles. The molecule has 3 aromatic carbocycles. The first-order valence-electron chi connectivity index (χ1n) is 10.5. The molecule has 5 rings (SSSR count). The fraction of sp³-hybridized carbons (Fsp3) is 0.167. The van der Waals surface area contributed by atoms with Gasteiger partial charge in [-0.2, -0.15) is 0 Å². The van der Waals surface area contributed by atoms with Gasteiger partial charge in [-0.05, 0) is 22.9 Å². The second kappa shape index (κ2) is 8.97. The van der Waals surface area contributed by atoms with Gasteiger partial charge in [-0.1, -0.05) is 36.4 Å². The van der Waals surface area contributed by atoms with E-state index in [-0.39, 0.29) is 11.3 Å². The van der Waals surface area contributed by atoms with Crippen LogP contribution in [-0.4, -0.2) is 42.1 Å². The highest BCUT2D eigenvalue weighted by Gasteiger charge is 2.23. The fourth-order valence-corrected chi connectivity index (χ4v) is 4.59. The van der Waals surface area contributed by atoms with Gasteiger partial charge in [0.25, 0.3) is 11.6 Å². The lowest BCUT2D eigenvalue weighted by Gasteiger charge is -2.30. The summed E-state index contributed by atoms with van der Waals surface area (Å²) in [5, 5.41) is 18.7. The van der Waals surface area contributed by atoms with Gasteiger partial charge in [0.15, 0.2) is 5.13 Å². The molecule has 1 aliphatic heterocycles. The van der Waals surface area contributed by atoms with Gasteiger partial charge in [-0.15, -0.1) is 11.3 Å². The van der Waals surface area contributed by atoms with Crippen LogP contribution < -0.4 is 10.2 Å². The van der Waals surface area contributed by atoms with Crippen LogP contribution >= 0.6 is 11.3 Å². The second-order valence-electron chi connectivity index (χ2n) is 7.61. The third kappa shape index (κ3) is 4.41. The van der Waals surface area contributed by atoms with E-state index in [4.69, 9.17) is 4.74 Å². The van der Waals surface area contributed by atoms with E-state index >= 15 is 0 Å². The summed E-state index contributed by atoms with van der Waals surface area (Å²) in [7, 11) is 0. The molecular formula is C24H20N4O4S. The summed E-state index contributed by atoms with van der Waals surface area (Å²) in [4.78, 5) is 30.5. The Morgan fingerprint density at radius 1 is 1.06 bits per heavy atom. The molecule has 0 radical (unpaired) electrons. The lowest BCUT2D eigenvalue weighted by molar-refractivity contribution is -0.384. The molecule has 0 bridgehead atoms. The van der Waals surface area contributed by atoms with Gasteiger partial charge < -0.3 is 9.64 Å². The molecule has 1 fully saturated rings. The largest absolute Gasteiger partial charge is 0.378 e. The zero-order valence-corrected chi connectivity index (χ0v) is 18.4. The number of hydrogen-bond acceptors (Lipinski definition) is 7. The van der Waals surface area contributed by atoms with Gasteiger partial charge in [0.1, 0.15) is 0 Å². The maximum Gasteiger partial charge on any atom is 0.270 e. The summed E-state index contributed by atoms with van der Waals surface area (Å²) < 4.78 is 5.39. The van der Waals surface area contributed by atoms with Crippen LogP contribution in [0.4, 0.5) is 16.5 Å². The van der Waals surface area contributed by atoms with Crippen LogP contribution in [0.3, 0.4) is 0 Å². The molecule has 1 amide bonds. The van der Waals surface area contributed by atoms with Gasteiger partial charge in [-0.3, -0.25) is 20.2 Å². The molecule has 1 aromatic heterocycles. The molecule has 1 aliphatic rings. The molecule has 9 heteroatoms. The van der Waals surface area contributed by atoms with E-state index in [1.54, 1.807) is 6.07 Å². The number of rotatable bonds is 5. The highest BCUT2D eigenvalue weighted by atomic mass is 32.1. The average molecular weight is 461 g/mol. The third-order valence-electron chi connectivity index (χ3n) is 5.56. The van der Waals surface area contributed by atoms with Crippen LogP contribution in [0.1, 0.15) is 10.4 Å². The minimum Gasteiger partial charge on any atom is -0.378 e. The number of non-ortho nitro benzene ring substituents is 1. The highest BCUT2D eigenvalue weighted by Crippen LogP contribution is 2.30. The number of nitrogens with zero attached hydrogens (tertiary/aromatic N) is 3. The summed E-state index contributed by atoms with van der Waals surface area (Å²) in [5.41, 5.74) is 2.47. The maximum atomic E-state index is 13.1. The number of aromatic nitrogens is 1. The van der Waals surface area contributed by atoms with Crippen molar-refractivity contribution in [3.8, 4) is 11.3 Å². The first-order chi connectivity index (χ1) is 16.1. The summed E-state index contributed by atoms with van der Waals surface area (Å²) >= 11 is 1.31. The van der Waals surface area contributed by atoms with Gasteiger partial charge in [-0.25, -0.2) is 4.98 Å². The van der Waals surface area contributed by atoms with Gasteiger partial charge in [0.2, 0.25) is 0 Å². The van der Waals surface area contributed by atoms with Crippen molar-refractivity contribution in [1.82, 2.24) is 4.98 Å². The standard InChI is InChI=1S/C24H20N4O4S/c29-23(20-14-19(28(30)31)7-8-22(20)27-9-11-32-12-10-27)26-24-25-21(15-33-24)18-6-5-16-3-1-2-4-17(16)13-18/h1-8,13-15H,9-12H2,(H,25,26,29). The predicted octanol–water partition coefficient (Wildman–Crippen LogP) is 4.96. The van der Waals surface area contributed by atoms with Crippen LogP contribution in [-0.2, 0) is 4.74 Å². The number of thiazole rings is 1. The summed E-state index contributed by atoms with van der Waals surface area (Å²) in [6.07, 6.45) is 0. The van der Waals surface area contributed by atoms with Crippen LogP contribution in [0.2, 0.25) is 0 Å². The summed E-state index contributed by atoms with van der Waals surface area (Å²) in [6.45, 7) is 2.31. The Balaban J connectivity index is 1.42. The van der Waals surface area contributed by atoms with Crippen molar-refractivity contribution in [3.05, 3.63) is 81.7 Å². The number of carbonyl (C=O) groups is 1. The van der Waals surface area contributed by atoms with E-state index in [1.807, 2.05) is 40.6 Å². The van der Waals surface area contributed by atoms with Crippen molar-refractivity contribution >= 4 is 44.5 Å². The Morgan fingerprint density at radius 3 is 2.64 bits per heavy atom. The molecule has 0 spiro atoms. The normalized spacial score (nSPS) is 13.8. The number of morpholine rings is 1. The number of carbonyl (C=O) groups excluding carboxylic acids is 1. The number of hydrogen-bond donors (Lipinski definition) is 1. The Morgan fingerprint density at radius 2 is 1.85 bits per heavy atom. The van der Waals surface area contributed by atoms with E-state index < -0.39 is 10.8 Å². The number of fused-ring (bicyclic) bond motifs is 1. The van der Waals surface area contributed by atoms with E-state index in [0.29, 0.717) is 37.1 Å². The SMILES string of the molecule is O=C(Nc1nc(-c2ccc3ccccc3c2)cs1)c1cc([N+](=O)[O-])ccc1N1CCOCC1. The fourth-order valence-electron chi connectivity index (χ4n) is 3.88. The Bertz CT molecular complexity index is 1350. The minimum absolute atomic E-state index is 0.131. The van der Waals surface area contributed by atoms with E-state index in [9.17, 15) is 14.9 Å². The molecule has 1 saturated heterocycles. The predicted molar refractivity (Wildman–Crippen MR) is 129 cm³/mol. The number of nitro groups is 1. The van der Waals surface area contributed by atoms with Gasteiger partial charge >= 0.3 is 0 Å². The van der Waals surface area contributed by atoms with Crippen LogP contribution in [0, 0.1) is 10.1 Å². The molecule has 8 nitrogen and oxygen atoms in total. The number of amides is 1. The topological polar surface area (TPSA) is 97.6 Å². The molecule has 2 heterocycles. The molecule has 0 unspecified atom stereocenters. The number of nitrogens with one attached hydrogen (secondary N) is 1. The second-order valence-corrected chi connectivity index (χ2v) is 8.47.